The van der Waals surface area contributed by atoms with E-state index in [4.69, 9.17) is 0 Å². The number of aromatic nitrogens is 1. The van der Waals surface area contributed by atoms with Crippen molar-refractivity contribution in [2.45, 2.75) is 5.92 Å². The van der Waals surface area contributed by atoms with Crippen LogP contribution in [0.25, 0.3) is 0 Å². The summed E-state index contributed by atoms with van der Waals surface area (Å²) in [5.74, 6) is 0.0164. The van der Waals surface area contributed by atoms with Gasteiger partial charge in [0.2, 0.25) is 5.95 Å². The van der Waals surface area contributed by atoms with Gasteiger partial charge in [0, 0.05) is 30.8 Å². The van der Waals surface area contributed by atoms with E-state index < -0.39 is 0 Å². The first-order chi connectivity index (χ1) is 5.38. The molecule has 12 heavy (non-hydrogen) atoms. The second-order valence-corrected chi connectivity index (χ2v) is 2.74. The Morgan fingerprint density at radius 2 is 2.25 bits per heavy atom. The lowest BCUT2D eigenvalue weighted by Crippen LogP contribution is -2.40. The molecule has 0 atom stereocenters. The molecular weight excluding hydrogens is 179 g/mol. The molecule has 0 saturated carbocycles. The third-order valence-corrected chi connectivity index (χ3v) is 2.01. The van der Waals surface area contributed by atoms with Crippen molar-refractivity contribution in [1.29, 1.82) is 0 Å². The van der Waals surface area contributed by atoms with E-state index >= 15 is 0 Å². The molecule has 66 valence electrons. The van der Waals surface area contributed by atoms with E-state index in [0.717, 1.165) is 18.7 Å². The fourth-order valence-corrected chi connectivity index (χ4v) is 1.21. The zero-order chi connectivity index (χ0) is 7.68. The Hall–Kier alpha value is -0.670. The molecular formula is C8H10ClFN2. The molecule has 1 aromatic heterocycles. The summed E-state index contributed by atoms with van der Waals surface area (Å²) in [5, 5.41) is 3.09. The highest BCUT2D eigenvalue weighted by Gasteiger charge is 2.21. The highest BCUT2D eigenvalue weighted by Crippen LogP contribution is 2.20. The first-order valence-corrected chi connectivity index (χ1v) is 3.69. The third-order valence-electron chi connectivity index (χ3n) is 2.01. The van der Waals surface area contributed by atoms with Gasteiger partial charge >= 0.3 is 0 Å². The third kappa shape index (κ3) is 1.57. The molecule has 4 heteroatoms. The van der Waals surface area contributed by atoms with Gasteiger partial charge in [0.15, 0.2) is 0 Å². The molecule has 1 fully saturated rings. The Kier molecular flexibility index (Phi) is 3.00. The van der Waals surface area contributed by atoms with Crippen LogP contribution in [-0.2, 0) is 0 Å². The highest BCUT2D eigenvalue weighted by atomic mass is 35.5. The zero-order valence-corrected chi connectivity index (χ0v) is 7.27. The fourth-order valence-electron chi connectivity index (χ4n) is 1.21. The predicted octanol–water partition coefficient (Wildman–Crippen LogP) is 1.33. The van der Waals surface area contributed by atoms with Gasteiger partial charge < -0.3 is 5.32 Å². The van der Waals surface area contributed by atoms with Crippen molar-refractivity contribution in [3.63, 3.8) is 0 Å². The van der Waals surface area contributed by atoms with Crippen molar-refractivity contribution < 1.29 is 4.39 Å². The van der Waals surface area contributed by atoms with E-state index in [0.29, 0.717) is 5.92 Å². The first-order valence-electron chi connectivity index (χ1n) is 3.69. The van der Waals surface area contributed by atoms with Gasteiger partial charge in [-0.1, -0.05) is 6.07 Å². The summed E-state index contributed by atoms with van der Waals surface area (Å²) in [6, 6.07) is 3.57. The summed E-state index contributed by atoms with van der Waals surface area (Å²) < 4.78 is 12.9. The molecule has 0 amide bonds. The van der Waals surface area contributed by atoms with Crippen molar-refractivity contribution in [2.24, 2.45) is 0 Å². The molecule has 1 aliphatic rings. The van der Waals surface area contributed by atoms with Crippen LogP contribution in [0.5, 0.6) is 0 Å². The van der Waals surface area contributed by atoms with Crippen LogP contribution in [0.2, 0.25) is 0 Å². The molecule has 0 spiro atoms. The van der Waals surface area contributed by atoms with E-state index in [-0.39, 0.29) is 18.4 Å². The summed E-state index contributed by atoms with van der Waals surface area (Å²) >= 11 is 0. The fraction of sp³-hybridized carbons (Fsp3) is 0.375. The van der Waals surface area contributed by atoms with Crippen LogP contribution in [0.3, 0.4) is 0 Å². The van der Waals surface area contributed by atoms with E-state index in [1.807, 2.05) is 0 Å². The van der Waals surface area contributed by atoms with Crippen LogP contribution in [0.1, 0.15) is 11.5 Å². The second-order valence-electron chi connectivity index (χ2n) is 2.74. The lowest BCUT2D eigenvalue weighted by molar-refractivity contribution is 0.424. The smallest absolute Gasteiger partial charge is 0.216 e. The van der Waals surface area contributed by atoms with Gasteiger partial charge in [0.05, 0.1) is 0 Å². The molecule has 1 N–H and O–H groups in total. The second kappa shape index (κ2) is 3.83. The van der Waals surface area contributed by atoms with Crippen LogP contribution in [0.15, 0.2) is 18.3 Å². The lowest BCUT2D eigenvalue weighted by Gasteiger charge is -2.27. The number of hydrogen-bond donors (Lipinski definition) is 1. The van der Waals surface area contributed by atoms with Crippen LogP contribution >= 0.6 is 12.4 Å². The Bertz CT molecular complexity index is 263. The van der Waals surface area contributed by atoms with Gasteiger partial charge in [-0.2, -0.15) is 4.39 Å². The monoisotopic (exact) mass is 188 g/mol. The standard InChI is InChI=1S/C8H9FN2.ClH/c9-8-7(2-1-3-11-8)6-4-10-5-6;/h1-3,6,10H,4-5H2;1H. The molecule has 0 aromatic carbocycles. The van der Waals surface area contributed by atoms with Gasteiger partial charge in [-0.25, -0.2) is 4.98 Å². The van der Waals surface area contributed by atoms with E-state index in [1.165, 1.54) is 6.20 Å². The van der Waals surface area contributed by atoms with Crippen molar-refractivity contribution in [3.8, 4) is 0 Å². The van der Waals surface area contributed by atoms with Gasteiger partial charge in [-0.15, -0.1) is 12.4 Å². The molecule has 2 nitrogen and oxygen atoms in total. The zero-order valence-electron chi connectivity index (χ0n) is 6.46. The van der Waals surface area contributed by atoms with Gasteiger partial charge in [0.1, 0.15) is 0 Å². The molecule has 0 bridgehead atoms. The average Bonchev–Trinajstić information content (AvgIpc) is 1.90. The van der Waals surface area contributed by atoms with Gasteiger partial charge in [-0.05, 0) is 6.07 Å². The highest BCUT2D eigenvalue weighted by molar-refractivity contribution is 5.85. The maximum Gasteiger partial charge on any atom is 0.216 e. The molecule has 0 unspecified atom stereocenters. The number of halogens is 2. The lowest BCUT2D eigenvalue weighted by atomic mass is 9.95. The first kappa shape index (κ1) is 9.42. The SMILES string of the molecule is Cl.Fc1ncccc1C1CNC1. The number of pyridine rings is 1. The molecule has 2 heterocycles. The summed E-state index contributed by atoms with van der Waals surface area (Å²) in [4.78, 5) is 3.59. The van der Waals surface area contributed by atoms with Crippen molar-refractivity contribution in [1.82, 2.24) is 10.3 Å². The molecule has 2 rings (SSSR count). The minimum Gasteiger partial charge on any atom is -0.315 e. The van der Waals surface area contributed by atoms with Gasteiger partial charge in [-0.3, -0.25) is 0 Å². The topological polar surface area (TPSA) is 24.9 Å². The Morgan fingerprint density at radius 3 is 2.75 bits per heavy atom. The number of hydrogen-bond acceptors (Lipinski definition) is 2. The predicted molar refractivity (Wildman–Crippen MR) is 47.1 cm³/mol. The van der Waals surface area contributed by atoms with Crippen molar-refractivity contribution in [3.05, 3.63) is 29.8 Å². The Morgan fingerprint density at radius 1 is 1.50 bits per heavy atom. The minimum absolute atomic E-state index is 0. The number of rotatable bonds is 1. The molecule has 0 radical (unpaired) electrons. The Balaban J connectivity index is 0.000000720. The maximum atomic E-state index is 12.9. The number of nitrogens with one attached hydrogen (secondary N) is 1. The maximum absolute atomic E-state index is 12.9. The quantitative estimate of drug-likeness (QED) is 0.673. The van der Waals surface area contributed by atoms with Crippen LogP contribution in [0.4, 0.5) is 4.39 Å². The summed E-state index contributed by atoms with van der Waals surface area (Å²) in [6.45, 7) is 1.76. The Labute approximate surface area is 76.6 Å². The minimum atomic E-state index is -0.320. The number of nitrogens with zero attached hydrogens (tertiary/aromatic N) is 1. The normalized spacial score (nSPS) is 16.4. The largest absolute Gasteiger partial charge is 0.315 e. The summed E-state index contributed by atoms with van der Waals surface area (Å²) in [5.41, 5.74) is 0.742. The van der Waals surface area contributed by atoms with Crippen molar-refractivity contribution in [2.75, 3.05) is 13.1 Å². The summed E-state index contributed by atoms with van der Waals surface area (Å²) in [6.07, 6.45) is 1.48. The molecule has 1 aliphatic heterocycles. The van der Waals surface area contributed by atoms with Crippen LogP contribution in [0, 0.1) is 5.95 Å². The van der Waals surface area contributed by atoms with Crippen LogP contribution in [-0.4, -0.2) is 18.1 Å². The molecule has 1 saturated heterocycles. The molecule has 0 aliphatic carbocycles. The van der Waals surface area contributed by atoms with Gasteiger partial charge in [0.25, 0.3) is 0 Å². The van der Waals surface area contributed by atoms with E-state index in [1.54, 1.807) is 12.1 Å². The van der Waals surface area contributed by atoms with E-state index in [9.17, 15) is 4.39 Å². The van der Waals surface area contributed by atoms with Crippen LogP contribution < -0.4 is 5.32 Å². The van der Waals surface area contributed by atoms with E-state index in [2.05, 4.69) is 10.3 Å². The average molecular weight is 189 g/mol. The molecule has 1 aromatic rings. The summed E-state index contributed by atoms with van der Waals surface area (Å²) in [7, 11) is 0. The van der Waals surface area contributed by atoms with Crippen molar-refractivity contribution >= 4 is 12.4 Å².